The third-order valence-electron chi connectivity index (χ3n) is 4.18. The van der Waals surface area contributed by atoms with Crippen molar-refractivity contribution in [3.05, 3.63) is 0 Å². The second kappa shape index (κ2) is 6.39. The predicted octanol–water partition coefficient (Wildman–Crippen LogP) is 2.64. The fraction of sp³-hybridized carbons (Fsp3) is 0.929. The van der Waals surface area contributed by atoms with E-state index in [-0.39, 0.29) is 12.0 Å². The maximum atomic E-state index is 12.0. The van der Waals surface area contributed by atoms with Crippen LogP contribution in [-0.2, 0) is 9.53 Å². The summed E-state index contributed by atoms with van der Waals surface area (Å²) < 4.78 is 5.23. The maximum Gasteiger partial charge on any atom is 0.323 e. The lowest BCUT2D eigenvalue weighted by Crippen LogP contribution is -2.47. The van der Waals surface area contributed by atoms with Crippen LogP contribution in [0.4, 0.5) is 0 Å². The summed E-state index contributed by atoms with van der Waals surface area (Å²) in [6.07, 6.45) is 9.97. The summed E-state index contributed by atoms with van der Waals surface area (Å²) in [5, 5.41) is 3.57. The second-order valence-corrected chi connectivity index (χ2v) is 5.42. The minimum Gasteiger partial charge on any atom is -0.465 e. The van der Waals surface area contributed by atoms with Crippen LogP contribution in [0.2, 0.25) is 0 Å². The quantitative estimate of drug-likeness (QED) is 0.750. The number of carbonyl (C=O) groups excluding carboxylic acids is 1. The number of esters is 1. The van der Waals surface area contributed by atoms with Gasteiger partial charge in [-0.1, -0.05) is 25.7 Å². The molecule has 3 heteroatoms. The van der Waals surface area contributed by atoms with E-state index in [1.807, 2.05) is 6.92 Å². The van der Waals surface area contributed by atoms with Crippen LogP contribution in [0.1, 0.15) is 58.3 Å². The summed E-state index contributed by atoms with van der Waals surface area (Å²) >= 11 is 0. The molecule has 0 radical (unpaired) electrons. The molecule has 2 aliphatic carbocycles. The van der Waals surface area contributed by atoms with Crippen LogP contribution in [-0.4, -0.2) is 24.7 Å². The molecule has 17 heavy (non-hydrogen) atoms. The minimum absolute atomic E-state index is 0.0219. The van der Waals surface area contributed by atoms with E-state index in [4.69, 9.17) is 4.74 Å². The van der Waals surface area contributed by atoms with Crippen molar-refractivity contribution < 1.29 is 9.53 Å². The van der Waals surface area contributed by atoms with Gasteiger partial charge >= 0.3 is 5.97 Å². The normalized spacial score (nSPS) is 24.1. The molecule has 0 aliphatic heterocycles. The molecule has 98 valence electrons. The fourth-order valence-electron chi connectivity index (χ4n) is 3.27. The molecule has 2 fully saturated rings. The molecule has 0 spiro atoms. The Morgan fingerprint density at radius 1 is 1.18 bits per heavy atom. The Morgan fingerprint density at radius 3 is 2.35 bits per heavy atom. The Balaban J connectivity index is 1.92. The summed E-state index contributed by atoms with van der Waals surface area (Å²) in [7, 11) is 0. The molecule has 0 saturated heterocycles. The zero-order valence-electron chi connectivity index (χ0n) is 10.9. The summed E-state index contributed by atoms with van der Waals surface area (Å²) in [5.41, 5.74) is 0. The number of rotatable bonds is 5. The van der Waals surface area contributed by atoms with Gasteiger partial charge in [-0.15, -0.1) is 0 Å². The Labute approximate surface area is 104 Å². The second-order valence-electron chi connectivity index (χ2n) is 5.42. The van der Waals surface area contributed by atoms with Crippen LogP contribution < -0.4 is 5.32 Å². The van der Waals surface area contributed by atoms with E-state index in [1.165, 1.54) is 51.4 Å². The van der Waals surface area contributed by atoms with Crippen molar-refractivity contribution in [2.75, 3.05) is 6.61 Å². The lowest BCUT2D eigenvalue weighted by molar-refractivity contribution is -0.147. The number of hydrogen-bond donors (Lipinski definition) is 1. The van der Waals surface area contributed by atoms with Crippen LogP contribution in [0.25, 0.3) is 0 Å². The summed E-state index contributed by atoms with van der Waals surface area (Å²) in [5.74, 6) is 0.487. The number of nitrogens with one attached hydrogen (secondary N) is 1. The first-order valence-electron chi connectivity index (χ1n) is 7.24. The number of ether oxygens (including phenoxy) is 1. The van der Waals surface area contributed by atoms with Crippen molar-refractivity contribution in [3.63, 3.8) is 0 Å². The van der Waals surface area contributed by atoms with Crippen molar-refractivity contribution in [2.24, 2.45) is 5.92 Å². The van der Waals surface area contributed by atoms with Gasteiger partial charge in [0.1, 0.15) is 6.04 Å². The minimum atomic E-state index is -0.0412. The molecule has 2 rings (SSSR count). The lowest BCUT2D eigenvalue weighted by atomic mass is 9.97. The number of hydrogen-bond acceptors (Lipinski definition) is 3. The molecule has 0 aromatic heterocycles. The van der Waals surface area contributed by atoms with E-state index in [0.29, 0.717) is 18.6 Å². The highest BCUT2D eigenvalue weighted by Crippen LogP contribution is 2.30. The lowest BCUT2D eigenvalue weighted by Gasteiger charge is -2.26. The van der Waals surface area contributed by atoms with Crippen LogP contribution >= 0.6 is 0 Å². The van der Waals surface area contributed by atoms with Gasteiger partial charge in [0.2, 0.25) is 0 Å². The number of carbonyl (C=O) groups is 1. The summed E-state index contributed by atoms with van der Waals surface area (Å²) in [6, 6.07) is 0.505. The molecule has 2 aliphatic rings. The fourth-order valence-corrected chi connectivity index (χ4v) is 3.27. The summed E-state index contributed by atoms with van der Waals surface area (Å²) in [4.78, 5) is 12.0. The van der Waals surface area contributed by atoms with Crippen LogP contribution in [0.3, 0.4) is 0 Å². The SMILES string of the molecule is CCOC(=O)C(NC1CCCC1)C1CCCC1. The van der Waals surface area contributed by atoms with Gasteiger partial charge < -0.3 is 10.1 Å². The zero-order valence-corrected chi connectivity index (χ0v) is 10.9. The van der Waals surface area contributed by atoms with Crippen molar-refractivity contribution in [2.45, 2.75) is 70.4 Å². The third kappa shape index (κ3) is 3.44. The average molecular weight is 239 g/mol. The highest BCUT2D eigenvalue weighted by molar-refractivity contribution is 5.76. The first kappa shape index (κ1) is 12.9. The van der Waals surface area contributed by atoms with E-state index in [2.05, 4.69) is 5.32 Å². The van der Waals surface area contributed by atoms with E-state index >= 15 is 0 Å². The highest BCUT2D eigenvalue weighted by atomic mass is 16.5. The van der Waals surface area contributed by atoms with Crippen molar-refractivity contribution in [3.8, 4) is 0 Å². The van der Waals surface area contributed by atoms with E-state index in [9.17, 15) is 4.79 Å². The van der Waals surface area contributed by atoms with Crippen molar-refractivity contribution in [1.29, 1.82) is 0 Å². The van der Waals surface area contributed by atoms with Gasteiger partial charge in [0.25, 0.3) is 0 Å². The van der Waals surface area contributed by atoms with Crippen LogP contribution in [0.5, 0.6) is 0 Å². The van der Waals surface area contributed by atoms with Crippen molar-refractivity contribution >= 4 is 5.97 Å². The average Bonchev–Trinajstić information content (AvgIpc) is 2.99. The first-order valence-corrected chi connectivity index (χ1v) is 7.24. The Hall–Kier alpha value is -0.570. The maximum absolute atomic E-state index is 12.0. The molecule has 0 bridgehead atoms. The summed E-state index contributed by atoms with van der Waals surface area (Å²) in [6.45, 7) is 2.38. The van der Waals surface area contributed by atoms with Gasteiger partial charge in [0.05, 0.1) is 6.61 Å². The predicted molar refractivity (Wildman–Crippen MR) is 67.8 cm³/mol. The highest BCUT2D eigenvalue weighted by Gasteiger charge is 2.33. The van der Waals surface area contributed by atoms with Gasteiger partial charge in [0.15, 0.2) is 0 Å². The Morgan fingerprint density at radius 2 is 1.76 bits per heavy atom. The molecule has 2 saturated carbocycles. The van der Waals surface area contributed by atoms with Gasteiger partial charge in [-0.25, -0.2) is 0 Å². The monoisotopic (exact) mass is 239 g/mol. The third-order valence-corrected chi connectivity index (χ3v) is 4.18. The largest absolute Gasteiger partial charge is 0.465 e. The molecule has 0 aromatic carbocycles. The molecule has 1 unspecified atom stereocenters. The molecule has 3 nitrogen and oxygen atoms in total. The molecule has 1 N–H and O–H groups in total. The van der Waals surface area contributed by atoms with Gasteiger partial charge in [-0.2, -0.15) is 0 Å². The molecular formula is C14H25NO2. The first-order chi connectivity index (χ1) is 8.31. The van der Waals surface area contributed by atoms with E-state index in [1.54, 1.807) is 0 Å². The Kier molecular flexibility index (Phi) is 4.84. The molecule has 0 aromatic rings. The Bertz CT molecular complexity index is 243. The van der Waals surface area contributed by atoms with E-state index in [0.717, 1.165) is 0 Å². The van der Waals surface area contributed by atoms with Gasteiger partial charge in [-0.05, 0) is 38.5 Å². The molecule has 0 heterocycles. The zero-order chi connectivity index (χ0) is 12.1. The van der Waals surface area contributed by atoms with Crippen molar-refractivity contribution in [1.82, 2.24) is 5.32 Å². The van der Waals surface area contributed by atoms with Crippen LogP contribution in [0, 0.1) is 5.92 Å². The molecule has 0 amide bonds. The molecule has 1 atom stereocenters. The van der Waals surface area contributed by atoms with Crippen LogP contribution in [0.15, 0.2) is 0 Å². The smallest absolute Gasteiger partial charge is 0.323 e. The van der Waals surface area contributed by atoms with Gasteiger partial charge in [-0.3, -0.25) is 4.79 Å². The van der Waals surface area contributed by atoms with E-state index < -0.39 is 0 Å². The standard InChI is InChI=1S/C14H25NO2/c1-2-17-14(16)13(11-7-3-4-8-11)15-12-9-5-6-10-12/h11-13,15H,2-10H2,1H3. The van der Waals surface area contributed by atoms with Gasteiger partial charge in [0, 0.05) is 6.04 Å². The molecular weight excluding hydrogens is 214 g/mol. The topological polar surface area (TPSA) is 38.3 Å².